The van der Waals surface area contributed by atoms with E-state index in [9.17, 15) is 9.90 Å². The number of aryl methyl sites for hydroxylation is 2. The Labute approximate surface area is 169 Å². The normalized spacial score (nSPS) is 15.3. The lowest BCUT2D eigenvalue weighted by Crippen LogP contribution is -2.36. The van der Waals surface area contributed by atoms with Crippen LogP contribution in [-0.4, -0.2) is 66.1 Å². The summed E-state index contributed by atoms with van der Waals surface area (Å²) >= 11 is 1.66. The predicted octanol–water partition coefficient (Wildman–Crippen LogP) is 2.10. The molecule has 0 bridgehead atoms. The highest BCUT2D eigenvalue weighted by Crippen LogP contribution is 2.33. The van der Waals surface area contributed by atoms with Gasteiger partial charge in [0.15, 0.2) is 0 Å². The van der Waals surface area contributed by atoms with Crippen LogP contribution in [0.2, 0.25) is 0 Å². The zero-order valence-corrected chi connectivity index (χ0v) is 17.6. The summed E-state index contributed by atoms with van der Waals surface area (Å²) in [6.07, 6.45) is 4.63. The molecule has 0 fully saturated rings. The van der Waals surface area contributed by atoms with E-state index in [0.717, 1.165) is 42.4 Å². The number of nitrogens with one attached hydrogen (secondary N) is 1. The lowest BCUT2D eigenvalue weighted by Gasteiger charge is -2.24. The summed E-state index contributed by atoms with van der Waals surface area (Å²) in [5.41, 5.74) is 1.17. The average Bonchev–Trinajstić information content (AvgIpc) is 3.05. The van der Waals surface area contributed by atoms with Crippen LogP contribution in [0.15, 0.2) is 4.79 Å². The number of thiophene rings is 1. The first-order valence-electron chi connectivity index (χ1n) is 10.1. The largest absolute Gasteiger partial charge is 0.389 e. The van der Waals surface area contributed by atoms with E-state index in [4.69, 9.17) is 14.5 Å². The highest BCUT2D eigenvalue weighted by molar-refractivity contribution is 7.18. The Morgan fingerprint density at radius 3 is 2.96 bits per heavy atom. The third-order valence-corrected chi connectivity index (χ3v) is 6.24. The smallest absolute Gasteiger partial charge is 0.259 e. The molecule has 1 aliphatic rings. The minimum Gasteiger partial charge on any atom is -0.389 e. The molecular weight excluding hydrogens is 378 g/mol. The van der Waals surface area contributed by atoms with Crippen LogP contribution < -0.4 is 5.56 Å². The van der Waals surface area contributed by atoms with Gasteiger partial charge in [0.2, 0.25) is 0 Å². The van der Waals surface area contributed by atoms with Gasteiger partial charge in [0, 0.05) is 38.3 Å². The van der Waals surface area contributed by atoms with E-state index < -0.39 is 6.10 Å². The number of aromatic amines is 1. The fourth-order valence-corrected chi connectivity index (χ4v) is 5.05. The summed E-state index contributed by atoms with van der Waals surface area (Å²) in [6.45, 7) is 5.15. The van der Waals surface area contributed by atoms with Crippen molar-refractivity contribution >= 4 is 21.6 Å². The number of methoxy groups -OCH3 is 1. The summed E-state index contributed by atoms with van der Waals surface area (Å²) in [6, 6.07) is 0. The minimum absolute atomic E-state index is 0.0360. The zero-order chi connectivity index (χ0) is 19.9. The molecule has 2 aromatic heterocycles. The SMILES string of the molecule is CCOCC(O)CN(CCCOC)Cc1nc2sc3c(c2c(=O)[nH]1)CCCC3. The molecule has 0 aliphatic heterocycles. The van der Waals surface area contributed by atoms with Gasteiger partial charge in [0.05, 0.1) is 24.6 Å². The summed E-state index contributed by atoms with van der Waals surface area (Å²) in [5, 5.41) is 11.0. The Morgan fingerprint density at radius 1 is 1.36 bits per heavy atom. The Balaban J connectivity index is 1.76. The molecule has 1 unspecified atom stereocenters. The van der Waals surface area contributed by atoms with E-state index in [1.165, 1.54) is 16.9 Å². The summed E-state index contributed by atoms with van der Waals surface area (Å²) < 4.78 is 10.5. The van der Waals surface area contributed by atoms with E-state index in [2.05, 4.69) is 9.88 Å². The van der Waals surface area contributed by atoms with Gasteiger partial charge in [-0.1, -0.05) is 0 Å². The van der Waals surface area contributed by atoms with Gasteiger partial charge in [-0.05, 0) is 44.6 Å². The minimum atomic E-state index is -0.577. The summed E-state index contributed by atoms with van der Waals surface area (Å²) in [4.78, 5) is 24.7. The number of rotatable bonds is 11. The average molecular weight is 410 g/mol. The highest BCUT2D eigenvalue weighted by Gasteiger charge is 2.21. The molecule has 0 radical (unpaired) electrons. The molecule has 28 heavy (non-hydrogen) atoms. The van der Waals surface area contributed by atoms with Gasteiger partial charge < -0.3 is 19.6 Å². The quantitative estimate of drug-likeness (QED) is 0.553. The van der Waals surface area contributed by atoms with Crippen LogP contribution in [0.5, 0.6) is 0 Å². The maximum atomic E-state index is 12.7. The fraction of sp³-hybridized carbons (Fsp3) is 0.700. The Kier molecular flexibility index (Phi) is 7.99. The highest BCUT2D eigenvalue weighted by atomic mass is 32.1. The van der Waals surface area contributed by atoms with E-state index in [-0.39, 0.29) is 5.56 Å². The summed E-state index contributed by atoms with van der Waals surface area (Å²) in [5.74, 6) is 0.650. The molecule has 2 N–H and O–H groups in total. The first-order valence-corrected chi connectivity index (χ1v) is 10.9. The van der Waals surface area contributed by atoms with Gasteiger partial charge in [-0.2, -0.15) is 0 Å². The van der Waals surface area contributed by atoms with Crippen LogP contribution in [-0.2, 0) is 28.9 Å². The number of H-pyrrole nitrogens is 1. The second-order valence-corrected chi connectivity index (χ2v) is 8.38. The Hall–Kier alpha value is -1.32. The maximum Gasteiger partial charge on any atom is 0.259 e. The molecule has 2 aromatic rings. The number of ether oxygens (including phenoxy) is 2. The summed E-state index contributed by atoms with van der Waals surface area (Å²) in [7, 11) is 1.68. The van der Waals surface area contributed by atoms with Crippen molar-refractivity contribution in [1.29, 1.82) is 0 Å². The molecule has 0 saturated carbocycles. The standard InChI is InChI=1S/C20H31N3O4S/c1-3-27-13-14(24)11-23(9-6-10-26-2)12-17-21-19(25)18-15-7-4-5-8-16(15)28-20(18)22-17/h14,24H,3-13H2,1-2H3,(H,21,22,25). The van der Waals surface area contributed by atoms with Crippen molar-refractivity contribution in [2.75, 3.05) is 40.0 Å². The Bertz CT molecular complexity index is 820. The van der Waals surface area contributed by atoms with Crippen molar-refractivity contribution in [2.45, 2.75) is 51.7 Å². The van der Waals surface area contributed by atoms with Gasteiger partial charge in [0.25, 0.3) is 5.56 Å². The second-order valence-electron chi connectivity index (χ2n) is 7.30. The molecule has 7 nitrogen and oxygen atoms in total. The topological polar surface area (TPSA) is 87.7 Å². The number of hydrogen-bond donors (Lipinski definition) is 2. The number of aromatic nitrogens is 2. The molecule has 1 atom stereocenters. The number of nitrogens with zero attached hydrogens (tertiary/aromatic N) is 2. The fourth-order valence-electron chi connectivity index (χ4n) is 3.77. The molecule has 8 heteroatoms. The molecular formula is C20H31N3O4S. The van der Waals surface area contributed by atoms with Crippen molar-refractivity contribution in [1.82, 2.24) is 14.9 Å². The molecule has 0 saturated heterocycles. The molecule has 156 valence electrons. The van der Waals surface area contributed by atoms with Crippen LogP contribution in [0.4, 0.5) is 0 Å². The van der Waals surface area contributed by atoms with Crippen LogP contribution in [0, 0.1) is 0 Å². The zero-order valence-electron chi connectivity index (χ0n) is 16.8. The molecule has 3 rings (SSSR count). The van der Waals surface area contributed by atoms with Crippen LogP contribution in [0.1, 0.15) is 42.5 Å². The van der Waals surface area contributed by atoms with Gasteiger partial charge in [-0.15, -0.1) is 11.3 Å². The van der Waals surface area contributed by atoms with Crippen LogP contribution in [0.25, 0.3) is 10.2 Å². The lowest BCUT2D eigenvalue weighted by atomic mass is 9.97. The van der Waals surface area contributed by atoms with Gasteiger partial charge in [-0.25, -0.2) is 4.98 Å². The second kappa shape index (κ2) is 10.5. The van der Waals surface area contributed by atoms with Gasteiger partial charge in [-0.3, -0.25) is 9.69 Å². The third-order valence-electron chi connectivity index (χ3n) is 5.05. The Morgan fingerprint density at radius 2 is 2.18 bits per heavy atom. The lowest BCUT2D eigenvalue weighted by molar-refractivity contribution is 0.0177. The van der Waals surface area contributed by atoms with Crippen molar-refractivity contribution in [2.24, 2.45) is 0 Å². The van der Waals surface area contributed by atoms with Crippen molar-refractivity contribution in [3.63, 3.8) is 0 Å². The predicted molar refractivity (Wildman–Crippen MR) is 111 cm³/mol. The number of fused-ring (bicyclic) bond motifs is 3. The van der Waals surface area contributed by atoms with Gasteiger partial charge >= 0.3 is 0 Å². The van der Waals surface area contributed by atoms with Crippen LogP contribution >= 0.6 is 11.3 Å². The van der Waals surface area contributed by atoms with Gasteiger partial charge in [0.1, 0.15) is 10.7 Å². The monoisotopic (exact) mass is 409 g/mol. The van der Waals surface area contributed by atoms with E-state index in [1.807, 2.05) is 6.92 Å². The van der Waals surface area contributed by atoms with E-state index >= 15 is 0 Å². The van der Waals surface area contributed by atoms with Crippen molar-refractivity contribution in [3.05, 3.63) is 26.6 Å². The third kappa shape index (κ3) is 5.39. The first-order chi connectivity index (χ1) is 13.6. The number of aliphatic hydroxyl groups excluding tert-OH is 1. The molecule has 0 aromatic carbocycles. The van der Waals surface area contributed by atoms with Crippen molar-refractivity contribution < 1.29 is 14.6 Å². The molecule has 0 spiro atoms. The number of aliphatic hydroxyl groups is 1. The molecule has 0 amide bonds. The molecule has 2 heterocycles. The van der Waals surface area contributed by atoms with E-state index in [0.29, 0.717) is 38.7 Å². The number of hydrogen-bond acceptors (Lipinski definition) is 7. The maximum absolute atomic E-state index is 12.7. The first kappa shape index (κ1) is 21.4. The van der Waals surface area contributed by atoms with Crippen LogP contribution in [0.3, 0.4) is 0 Å². The van der Waals surface area contributed by atoms with Crippen molar-refractivity contribution in [3.8, 4) is 0 Å². The van der Waals surface area contributed by atoms with E-state index in [1.54, 1.807) is 18.4 Å². The molecule has 1 aliphatic carbocycles.